The normalized spacial score (nSPS) is 32.7. The molecule has 1 aliphatic carbocycles. The van der Waals surface area contributed by atoms with Crippen LogP contribution in [0.5, 0.6) is 0 Å². The zero-order chi connectivity index (χ0) is 16.7. The Balaban J connectivity index is 1.69. The Kier molecular flexibility index (Phi) is 4.27. The molecule has 2 aliphatic rings. The van der Waals surface area contributed by atoms with Crippen molar-refractivity contribution in [3.63, 3.8) is 0 Å². The summed E-state index contributed by atoms with van der Waals surface area (Å²) in [6, 6.07) is 4.69. The van der Waals surface area contributed by atoms with Crippen molar-refractivity contribution in [1.29, 1.82) is 0 Å². The molecule has 1 aromatic carbocycles. The molecule has 0 spiro atoms. The zero-order valence-electron chi connectivity index (χ0n) is 13.5. The largest absolute Gasteiger partial charge is 0.360 e. The van der Waals surface area contributed by atoms with Gasteiger partial charge in [0.2, 0.25) is 0 Å². The maximum absolute atomic E-state index is 13.0. The van der Waals surface area contributed by atoms with E-state index in [0.29, 0.717) is 6.42 Å². The molecule has 2 fully saturated rings. The van der Waals surface area contributed by atoms with Crippen molar-refractivity contribution in [2.75, 3.05) is 0 Å². The first-order chi connectivity index (χ1) is 10.8. The van der Waals surface area contributed by atoms with Gasteiger partial charge in [0.1, 0.15) is 23.1 Å². The number of unbranched alkanes of at least 4 members (excludes halogenated alkanes) is 2. The standard InChI is InChI=1S/C17H23FO4S/c1-3-4-5-11-17-12-10-15(16(17,2)22-17)21-23(19,20)14-8-6-13(18)7-9-14/h6-9,15H,3-5,10-12H2,1-2H3/t15-,16-,17+/m1/s1. The van der Waals surface area contributed by atoms with Crippen molar-refractivity contribution < 1.29 is 21.7 Å². The molecule has 1 aliphatic heterocycles. The third-order valence-electron chi connectivity index (χ3n) is 5.22. The number of ether oxygens (including phenoxy) is 1. The van der Waals surface area contributed by atoms with Crippen molar-refractivity contribution in [2.45, 2.75) is 74.6 Å². The van der Waals surface area contributed by atoms with Gasteiger partial charge in [0, 0.05) is 0 Å². The molecular formula is C17H23FO4S. The van der Waals surface area contributed by atoms with Gasteiger partial charge in [0.15, 0.2) is 0 Å². The molecule has 1 heterocycles. The van der Waals surface area contributed by atoms with E-state index in [9.17, 15) is 12.8 Å². The molecule has 3 atom stereocenters. The summed E-state index contributed by atoms with van der Waals surface area (Å²) in [6.45, 7) is 4.09. The van der Waals surface area contributed by atoms with E-state index in [-0.39, 0.29) is 10.5 Å². The van der Waals surface area contributed by atoms with Crippen molar-refractivity contribution >= 4 is 10.1 Å². The molecular weight excluding hydrogens is 319 g/mol. The van der Waals surface area contributed by atoms with E-state index in [2.05, 4.69) is 6.92 Å². The van der Waals surface area contributed by atoms with Crippen LogP contribution in [0.25, 0.3) is 0 Å². The summed E-state index contributed by atoms with van der Waals surface area (Å²) in [4.78, 5) is -0.0216. The number of epoxide rings is 1. The van der Waals surface area contributed by atoms with Gasteiger partial charge in [-0.3, -0.25) is 4.18 Å². The molecule has 0 N–H and O–H groups in total. The maximum Gasteiger partial charge on any atom is 0.297 e. The highest BCUT2D eigenvalue weighted by atomic mass is 32.2. The highest BCUT2D eigenvalue weighted by Crippen LogP contribution is 2.63. The van der Waals surface area contributed by atoms with Crippen LogP contribution in [0.4, 0.5) is 4.39 Å². The second-order valence-corrected chi connectivity index (χ2v) is 8.26. The molecule has 1 aromatic rings. The Morgan fingerprint density at radius 2 is 2.00 bits per heavy atom. The van der Waals surface area contributed by atoms with E-state index in [1.807, 2.05) is 6.92 Å². The second-order valence-electron chi connectivity index (χ2n) is 6.69. The average Bonchev–Trinajstić information content (AvgIpc) is 3.02. The quantitative estimate of drug-likeness (QED) is 0.430. The van der Waals surface area contributed by atoms with E-state index in [1.54, 1.807) is 0 Å². The fourth-order valence-corrected chi connectivity index (χ4v) is 4.88. The van der Waals surface area contributed by atoms with E-state index >= 15 is 0 Å². The highest BCUT2D eigenvalue weighted by molar-refractivity contribution is 7.86. The van der Waals surface area contributed by atoms with Gasteiger partial charge in [-0.2, -0.15) is 8.42 Å². The molecule has 0 amide bonds. The van der Waals surface area contributed by atoms with Gasteiger partial charge in [0.05, 0.1) is 4.90 Å². The first-order valence-corrected chi connectivity index (χ1v) is 9.63. The van der Waals surface area contributed by atoms with Crippen LogP contribution >= 0.6 is 0 Å². The number of halogens is 1. The van der Waals surface area contributed by atoms with Crippen LogP contribution in [-0.2, 0) is 19.0 Å². The summed E-state index contributed by atoms with van der Waals surface area (Å²) in [7, 11) is -3.90. The minimum Gasteiger partial charge on any atom is -0.360 e. The van der Waals surface area contributed by atoms with E-state index in [0.717, 1.165) is 44.2 Å². The summed E-state index contributed by atoms with van der Waals surface area (Å²) in [5.41, 5.74) is -0.737. The number of hydrogen-bond donors (Lipinski definition) is 0. The fourth-order valence-electron chi connectivity index (χ4n) is 3.71. The zero-order valence-corrected chi connectivity index (χ0v) is 14.4. The number of benzene rings is 1. The van der Waals surface area contributed by atoms with Crippen LogP contribution in [0.2, 0.25) is 0 Å². The third-order valence-corrected chi connectivity index (χ3v) is 6.56. The lowest BCUT2D eigenvalue weighted by Crippen LogP contribution is -2.31. The number of hydrogen-bond acceptors (Lipinski definition) is 4. The van der Waals surface area contributed by atoms with Crippen molar-refractivity contribution in [3.05, 3.63) is 30.1 Å². The van der Waals surface area contributed by atoms with Gasteiger partial charge in [-0.25, -0.2) is 4.39 Å². The van der Waals surface area contributed by atoms with Gasteiger partial charge in [0.25, 0.3) is 10.1 Å². The Morgan fingerprint density at radius 3 is 2.61 bits per heavy atom. The van der Waals surface area contributed by atoms with Gasteiger partial charge in [-0.05, 0) is 50.5 Å². The van der Waals surface area contributed by atoms with Crippen molar-refractivity contribution in [2.24, 2.45) is 0 Å². The minimum atomic E-state index is -3.90. The monoisotopic (exact) mass is 342 g/mol. The van der Waals surface area contributed by atoms with Gasteiger partial charge in [-0.15, -0.1) is 0 Å². The Morgan fingerprint density at radius 1 is 1.30 bits per heavy atom. The molecule has 0 radical (unpaired) electrons. The Labute approximate surface area is 137 Å². The first-order valence-electron chi connectivity index (χ1n) is 8.22. The minimum absolute atomic E-state index is 0.0216. The summed E-state index contributed by atoms with van der Waals surface area (Å²) >= 11 is 0. The lowest BCUT2D eigenvalue weighted by molar-refractivity contribution is 0.0927. The topological polar surface area (TPSA) is 55.9 Å². The molecule has 0 aromatic heterocycles. The molecule has 0 bridgehead atoms. The van der Waals surface area contributed by atoms with E-state index < -0.39 is 27.6 Å². The molecule has 23 heavy (non-hydrogen) atoms. The lowest BCUT2D eigenvalue weighted by Gasteiger charge is -2.17. The molecule has 128 valence electrons. The van der Waals surface area contributed by atoms with Crippen molar-refractivity contribution in [1.82, 2.24) is 0 Å². The average molecular weight is 342 g/mol. The van der Waals surface area contributed by atoms with Gasteiger partial charge >= 0.3 is 0 Å². The summed E-state index contributed by atoms with van der Waals surface area (Å²) in [5.74, 6) is -0.475. The second kappa shape index (κ2) is 5.83. The van der Waals surface area contributed by atoms with Crippen LogP contribution in [0.1, 0.15) is 52.4 Å². The van der Waals surface area contributed by atoms with Crippen LogP contribution in [0.15, 0.2) is 29.2 Å². The van der Waals surface area contributed by atoms with Crippen molar-refractivity contribution in [3.8, 4) is 0 Å². The number of rotatable bonds is 7. The molecule has 3 rings (SSSR count). The van der Waals surface area contributed by atoms with Gasteiger partial charge in [-0.1, -0.05) is 26.2 Å². The van der Waals surface area contributed by atoms with Crippen LogP contribution in [-0.4, -0.2) is 25.7 Å². The van der Waals surface area contributed by atoms with Crippen LogP contribution in [0, 0.1) is 5.82 Å². The lowest BCUT2D eigenvalue weighted by atomic mass is 9.91. The van der Waals surface area contributed by atoms with Gasteiger partial charge < -0.3 is 4.74 Å². The molecule has 4 nitrogen and oxygen atoms in total. The van der Waals surface area contributed by atoms with Crippen LogP contribution in [0.3, 0.4) is 0 Å². The summed E-state index contributed by atoms with van der Waals surface area (Å²) in [5, 5.41) is 0. The third kappa shape index (κ3) is 2.92. The molecule has 1 saturated carbocycles. The molecule has 6 heteroatoms. The maximum atomic E-state index is 13.0. The smallest absolute Gasteiger partial charge is 0.297 e. The Hall–Kier alpha value is -0.980. The van der Waals surface area contributed by atoms with E-state index in [4.69, 9.17) is 8.92 Å². The highest BCUT2D eigenvalue weighted by Gasteiger charge is 2.74. The molecule has 0 unspecified atom stereocenters. The number of fused-ring (bicyclic) bond motifs is 1. The predicted octanol–water partition coefficient (Wildman–Crippen LogP) is 3.80. The fraction of sp³-hybridized carbons (Fsp3) is 0.647. The first kappa shape index (κ1) is 16.9. The predicted molar refractivity (Wildman–Crippen MR) is 84.1 cm³/mol. The summed E-state index contributed by atoms with van der Waals surface area (Å²) < 4.78 is 49.1. The Bertz CT molecular complexity index is 668. The summed E-state index contributed by atoms with van der Waals surface area (Å²) in [6.07, 6.45) is 5.36. The van der Waals surface area contributed by atoms with E-state index in [1.165, 1.54) is 12.1 Å². The SMILES string of the molecule is CCCCC[C@]12CC[C@@H](OS(=O)(=O)c3ccc(F)cc3)[C@@]1(C)O2. The van der Waals surface area contributed by atoms with Crippen LogP contribution < -0.4 is 0 Å². The molecule has 1 saturated heterocycles.